The normalized spacial score (nSPS) is 12.4. The van der Waals surface area contributed by atoms with Gasteiger partial charge in [-0.15, -0.1) is 0 Å². The van der Waals surface area contributed by atoms with E-state index in [-0.39, 0.29) is 0 Å². The molecule has 22 heavy (non-hydrogen) atoms. The van der Waals surface area contributed by atoms with Gasteiger partial charge in [-0.3, -0.25) is 0 Å². The van der Waals surface area contributed by atoms with Crippen molar-refractivity contribution in [1.82, 2.24) is 0 Å². The van der Waals surface area contributed by atoms with Crippen LogP contribution in [0.3, 0.4) is 0 Å². The van der Waals surface area contributed by atoms with Crippen molar-refractivity contribution >= 4 is 28.0 Å². The number of aliphatic imine (C=N–C) groups is 1. The van der Waals surface area contributed by atoms with Crippen molar-refractivity contribution < 1.29 is 0 Å². The first-order valence-corrected chi connectivity index (χ1v) is 7.19. The molecule has 0 fully saturated rings. The van der Waals surface area contributed by atoms with Gasteiger partial charge in [0.1, 0.15) is 5.84 Å². The second-order valence-electron chi connectivity index (χ2n) is 5.26. The van der Waals surface area contributed by atoms with Crippen LogP contribution in [0.2, 0.25) is 0 Å². The van der Waals surface area contributed by atoms with Crippen LogP contribution in [-0.2, 0) is 6.42 Å². The third kappa shape index (κ3) is 1.94. The Hall–Kier alpha value is -3.12. The summed E-state index contributed by atoms with van der Waals surface area (Å²) in [6.45, 7) is 0. The summed E-state index contributed by atoms with van der Waals surface area (Å²) in [5.74, 6) is 0.803. The predicted molar refractivity (Wildman–Crippen MR) is 89.5 cm³/mol. The zero-order valence-corrected chi connectivity index (χ0v) is 11.9. The number of hydrogen-bond donors (Lipinski definition) is 1. The zero-order chi connectivity index (χ0) is 14.9. The topological polar surface area (TPSA) is 48.2 Å². The van der Waals surface area contributed by atoms with Crippen LogP contribution in [0.4, 0.5) is 11.4 Å². The molecular weight excluding hydrogens is 270 g/mol. The monoisotopic (exact) mass is 283 g/mol. The van der Waals surface area contributed by atoms with Gasteiger partial charge in [-0.05, 0) is 23.1 Å². The van der Waals surface area contributed by atoms with E-state index in [1.165, 1.54) is 5.39 Å². The fraction of sp³-hybridized carbons (Fsp3) is 0.0526. The number of rotatable bonds is 2. The number of amidine groups is 1. The van der Waals surface area contributed by atoms with Gasteiger partial charge in [-0.1, -0.05) is 48.5 Å². The number of nitrogens with zero attached hydrogens (tertiary/aromatic N) is 2. The van der Waals surface area contributed by atoms with Gasteiger partial charge in [-0.25, -0.2) is 4.99 Å². The molecule has 0 aliphatic carbocycles. The molecule has 0 bridgehead atoms. The molecular formula is C19H13N3. The van der Waals surface area contributed by atoms with Gasteiger partial charge in [-0.2, -0.15) is 5.26 Å². The first-order chi connectivity index (χ1) is 10.9. The maximum atomic E-state index is 9.01. The van der Waals surface area contributed by atoms with Crippen LogP contribution in [0.5, 0.6) is 0 Å². The molecule has 1 aliphatic heterocycles. The highest BCUT2D eigenvalue weighted by Gasteiger charge is 2.17. The smallest absolute Gasteiger partial charge is 0.138 e. The van der Waals surface area contributed by atoms with Gasteiger partial charge in [0.15, 0.2) is 0 Å². The van der Waals surface area contributed by atoms with Crippen molar-refractivity contribution in [2.45, 2.75) is 6.42 Å². The van der Waals surface area contributed by atoms with Gasteiger partial charge in [0.05, 0.1) is 18.2 Å². The first-order valence-electron chi connectivity index (χ1n) is 7.19. The zero-order valence-electron chi connectivity index (χ0n) is 11.9. The quantitative estimate of drug-likeness (QED) is 0.757. The predicted octanol–water partition coefficient (Wildman–Crippen LogP) is 4.41. The molecule has 0 atom stereocenters. The Morgan fingerprint density at radius 1 is 0.955 bits per heavy atom. The fourth-order valence-corrected chi connectivity index (χ4v) is 2.91. The van der Waals surface area contributed by atoms with Gasteiger partial charge >= 0.3 is 0 Å². The van der Waals surface area contributed by atoms with E-state index in [4.69, 9.17) is 10.3 Å². The average molecular weight is 283 g/mol. The second-order valence-corrected chi connectivity index (χ2v) is 5.26. The molecule has 0 amide bonds. The summed E-state index contributed by atoms with van der Waals surface area (Å²) in [5, 5.41) is 14.8. The third-order valence-corrected chi connectivity index (χ3v) is 3.91. The molecule has 0 aromatic heterocycles. The molecule has 1 N–H and O–H groups in total. The molecule has 3 nitrogen and oxygen atoms in total. The van der Waals surface area contributed by atoms with E-state index in [2.05, 4.69) is 29.6 Å². The Kier molecular flexibility index (Phi) is 2.87. The van der Waals surface area contributed by atoms with E-state index in [0.29, 0.717) is 6.42 Å². The van der Waals surface area contributed by atoms with Crippen molar-refractivity contribution in [3.05, 3.63) is 71.8 Å². The minimum absolute atomic E-state index is 0.378. The van der Waals surface area contributed by atoms with E-state index in [9.17, 15) is 0 Å². The van der Waals surface area contributed by atoms with Gasteiger partial charge in [0, 0.05) is 16.6 Å². The van der Waals surface area contributed by atoms with Gasteiger partial charge in [0.25, 0.3) is 0 Å². The molecule has 1 aliphatic rings. The highest BCUT2D eigenvalue weighted by molar-refractivity contribution is 6.19. The van der Waals surface area contributed by atoms with Crippen molar-refractivity contribution in [1.29, 1.82) is 5.26 Å². The Morgan fingerprint density at radius 3 is 2.64 bits per heavy atom. The molecule has 3 heteroatoms. The molecule has 0 unspecified atom stereocenters. The summed E-state index contributed by atoms with van der Waals surface area (Å²) >= 11 is 0. The summed E-state index contributed by atoms with van der Waals surface area (Å²) < 4.78 is 0. The average Bonchev–Trinajstić information content (AvgIpc) is 2.56. The van der Waals surface area contributed by atoms with Gasteiger partial charge in [0.2, 0.25) is 0 Å². The van der Waals surface area contributed by atoms with Crippen molar-refractivity contribution in [2.24, 2.45) is 4.99 Å². The van der Waals surface area contributed by atoms with Crippen molar-refractivity contribution in [2.75, 3.05) is 5.32 Å². The molecule has 0 saturated heterocycles. The molecule has 1 heterocycles. The molecule has 3 aromatic rings. The van der Waals surface area contributed by atoms with Crippen molar-refractivity contribution in [3.63, 3.8) is 0 Å². The minimum atomic E-state index is 0.378. The highest BCUT2D eigenvalue weighted by atomic mass is 15.0. The third-order valence-electron chi connectivity index (χ3n) is 3.91. The first kappa shape index (κ1) is 12.6. The number of nitrogens with one attached hydrogen (secondary N) is 1. The lowest BCUT2D eigenvalue weighted by Gasteiger charge is -2.20. The molecule has 3 aromatic carbocycles. The lowest BCUT2D eigenvalue weighted by Crippen LogP contribution is -2.18. The largest absolute Gasteiger partial charge is 0.339 e. The maximum Gasteiger partial charge on any atom is 0.138 e. The minimum Gasteiger partial charge on any atom is -0.339 e. The van der Waals surface area contributed by atoms with Crippen LogP contribution in [-0.4, -0.2) is 5.84 Å². The molecule has 0 radical (unpaired) electrons. The molecule has 104 valence electrons. The Bertz CT molecular complexity index is 943. The summed E-state index contributed by atoms with van der Waals surface area (Å²) in [6.07, 6.45) is 0.378. The van der Waals surface area contributed by atoms with Crippen LogP contribution >= 0.6 is 0 Å². The standard InChI is InChI=1S/C19H13N3/c20-12-11-13-5-1-2-8-15(13)19-21-16-9-3-6-14-7-4-10-17(22-19)18(14)16/h1-10H,11H2,(H,21,22). The summed E-state index contributed by atoms with van der Waals surface area (Å²) in [7, 11) is 0. The number of nitriles is 1. The van der Waals surface area contributed by atoms with Crippen LogP contribution in [0, 0.1) is 11.3 Å². The molecule has 0 spiro atoms. The summed E-state index contributed by atoms with van der Waals surface area (Å²) in [4.78, 5) is 4.77. The Morgan fingerprint density at radius 2 is 1.77 bits per heavy atom. The highest BCUT2D eigenvalue weighted by Crippen LogP contribution is 2.36. The van der Waals surface area contributed by atoms with Gasteiger partial charge < -0.3 is 5.32 Å². The number of anilines is 1. The van der Waals surface area contributed by atoms with Crippen LogP contribution in [0.1, 0.15) is 11.1 Å². The van der Waals surface area contributed by atoms with E-state index in [1.807, 2.05) is 42.5 Å². The number of benzene rings is 3. The molecule has 0 saturated carbocycles. The van der Waals surface area contributed by atoms with Crippen LogP contribution in [0.15, 0.2) is 65.7 Å². The second kappa shape index (κ2) is 5.01. The van der Waals surface area contributed by atoms with E-state index in [0.717, 1.165) is 33.7 Å². The molecule has 4 rings (SSSR count). The lowest BCUT2D eigenvalue weighted by atomic mass is 10.0. The Labute approximate surface area is 128 Å². The van der Waals surface area contributed by atoms with Crippen molar-refractivity contribution in [3.8, 4) is 6.07 Å². The number of hydrogen-bond acceptors (Lipinski definition) is 3. The fourth-order valence-electron chi connectivity index (χ4n) is 2.91. The lowest BCUT2D eigenvalue weighted by molar-refractivity contribution is 1.25. The van der Waals surface area contributed by atoms with Crippen LogP contribution < -0.4 is 5.32 Å². The Balaban J connectivity index is 1.92. The van der Waals surface area contributed by atoms with E-state index >= 15 is 0 Å². The maximum absolute atomic E-state index is 9.01. The summed E-state index contributed by atoms with van der Waals surface area (Å²) in [6, 6.07) is 22.5. The van der Waals surface area contributed by atoms with E-state index < -0.39 is 0 Å². The van der Waals surface area contributed by atoms with Crippen LogP contribution in [0.25, 0.3) is 10.8 Å². The SMILES string of the molecule is N#CCc1ccccc1C1=Nc2cccc3cccc(c23)N1. The summed E-state index contributed by atoms with van der Waals surface area (Å²) in [5.41, 5.74) is 4.00. The van der Waals surface area contributed by atoms with E-state index in [1.54, 1.807) is 0 Å².